The molecule has 0 amide bonds. The zero-order valence-corrected chi connectivity index (χ0v) is 7.60. The molecule has 0 aliphatic carbocycles. The molecule has 0 aliphatic rings. The molecule has 0 aromatic carbocycles. The van der Waals surface area contributed by atoms with E-state index in [0.717, 1.165) is 24.6 Å². The summed E-state index contributed by atoms with van der Waals surface area (Å²) in [6.45, 7) is 5.02. The zero-order valence-electron chi connectivity index (χ0n) is 6.84. The van der Waals surface area contributed by atoms with Crippen LogP contribution in [0.1, 0.15) is 25.0 Å². The highest BCUT2D eigenvalue weighted by molar-refractivity contribution is 6.16. The molecule has 1 heterocycles. The minimum absolute atomic E-state index is 0.445. The quantitative estimate of drug-likeness (QED) is 0.652. The van der Waals surface area contributed by atoms with Crippen molar-refractivity contribution < 1.29 is 0 Å². The maximum atomic E-state index is 5.66. The highest BCUT2D eigenvalue weighted by Gasteiger charge is 2.04. The predicted molar refractivity (Wildman–Crippen MR) is 44.6 cm³/mol. The number of hydrogen-bond donors (Lipinski definition) is 0. The molecule has 1 rings (SSSR count). The molecule has 1 aromatic heterocycles. The van der Waals surface area contributed by atoms with Crippen molar-refractivity contribution >= 4 is 11.6 Å². The summed E-state index contributed by atoms with van der Waals surface area (Å²) in [6, 6.07) is 0. The molecule has 0 saturated heterocycles. The average molecular weight is 174 g/mol. The number of rotatable bonds is 3. The van der Waals surface area contributed by atoms with Crippen molar-refractivity contribution in [2.24, 2.45) is 0 Å². The molecule has 0 fully saturated rings. The standard InChI is InChI=1S/C7H12ClN3/c1-3-4-11-6(2)9-10-7(11)5-8/h3-5H2,1-2H3. The fraction of sp³-hybridized carbons (Fsp3) is 0.714. The minimum atomic E-state index is 0.445. The number of aryl methyl sites for hydroxylation is 1. The van der Waals surface area contributed by atoms with Gasteiger partial charge in [0.1, 0.15) is 11.6 Å². The fourth-order valence-electron chi connectivity index (χ4n) is 1.04. The van der Waals surface area contributed by atoms with Gasteiger partial charge in [-0.2, -0.15) is 0 Å². The zero-order chi connectivity index (χ0) is 8.27. The van der Waals surface area contributed by atoms with Crippen LogP contribution in [0.15, 0.2) is 0 Å². The van der Waals surface area contributed by atoms with Gasteiger partial charge in [-0.05, 0) is 13.3 Å². The van der Waals surface area contributed by atoms with Gasteiger partial charge in [-0.25, -0.2) is 0 Å². The predicted octanol–water partition coefficient (Wildman–Crippen LogP) is 1.74. The third-order valence-electron chi connectivity index (χ3n) is 1.58. The summed E-state index contributed by atoms with van der Waals surface area (Å²) in [4.78, 5) is 0. The van der Waals surface area contributed by atoms with Gasteiger partial charge >= 0.3 is 0 Å². The van der Waals surface area contributed by atoms with Crippen LogP contribution in [0.2, 0.25) is 0 Å². The number of halogens is 1. The summed E-state index contributed by atoms with van der Waals surface area (Å²) in [5, 5.41) is 7.87. The maximum absolute atomic E-state index is 5.66. The first-order valence-electron chi connectivity index (χ1n) is 3.74. The van der Waals surface area contributed by atoms with Crippen molar-refractivity contribution in [3.63, 3.8) is 0 Å². The molecule has 0 atom stereocenters. The molecule has 4 heteroatoms. The Labute approximate surface area is 71.4 Å². The second kappa shape index (κ2) is 3.72. The molecule has 0 bridgehead atoms. The lowest BCUT2D eigenvalue weighted by Crippen LogP contribution is -2.03. The summed E-state index contributed by atoms with van der Waals surface area (Å²) in [5.41, 5.74) is 0. The number of hydrogen-bond acceptors (Lipinski definition) is 2. The third-order valence-corrected chi connectivity index (χ3v) is 1.82. The molecule has 1 aromatic rings. The van der Waals surface area contributed by atoms with Crippen molar-refractivity contribution in [2.75, 3.05) is 0 Å². The molecule has 62 valence electrons. The summed E-state index contributed by atoms with van der Waals surface area (Å²) < 4.78 is 2.05. The first-order valence-corrected chi connectivity index (χ1v) is 4.27. The normalized spacial score (nSPS) is 10.5. The van der Waals surface area contributed by atoms with Crippen LogP contribution < -0.4 is 0 Å². The van der Waals surface area contributed by atoms with Crippen LogP contribution in [-0.2, 0) is 12.4 Å². The van der Waals surface area contributed by atoms with Crippen molar-refractivity contribution in [3.8, 4) is 0 Å². The highest BCUT2D eigenvalue weighted by Crippen LogP contribution is 2.04. The van der Waals surface area contributed by atoms with Crippen LogP contribution in [-0.4, -0.2) is 14.8 Å². The molecule has 3 nitrogen and oxygen atoms in total. The first-order chi connectivity index (χ1) is 5.29. The summed E-state index contributed by atoms with van der Waals surface area (Å²) >= 11 is 5.66. The molecule has 0 aliphatic heterocycles. The van der Waals surface area contributed by atoms with E-state index in [0.29, 0.717) is 5.88 Å². The Morgan fingerprint density at radius 3 is 2.73 bits per heavy atom. The monoisotopic (exact) mass is 173 g/mol. The molecule has 0 radical (unpaired) electrons. The van der Waals surface area contributed by atoms with E-state index in [4.69, 9.17) is 11.6 Å². The molecular weight excluding hydrogens is 162 g/mol. The van der Waals surface area contributed by atoms with Gasteiger partial charge in [-0.3, -0.25) is 0 Å². The first kappa shape index (κ1) is 8.53. The van der Waals surface area contributed by atoms with E-state index < -0.39 is 0 Å². The Bertz CT molecular complexity index is 232. The van der Waals surface area contributed by atoms with Crippen molar-refractivity contribution in [3.05, 3.63) is 11.6 Å². The van der Waals surface area contributed by atoms with Gasteiger partial charge in [-0.15, -0.1) is 21.8 Å². The lowest BCUT2D eigenvalue weighted by molar-refractivity contribution is 0.636. The van der Waals surface area contributed by atoms with Crippen LogP contribution >= 0.6 is 11.6 Å². The van der Waals surface area contributed by atoms with Gasteiger partial charge in [0.15, 0.2) is 0 Å². The highest BCUT2D eigenvalue weighted by atomic mass is 35.5. The molecular formula is C7H12ClN3. The number of alkyl halides is 1. The van der Waals surface area contributed by atoms with Crippen LogP contribution in [0.3, 0.4) is 0 Å². The smallest absolute Gasteiger partial charge is 0.147 e. The Morgan fingerprint density at radius 2 is 2.18 bits per heavy atom. The van der Waals surface area contributed by atoms with Gasteiger partial charge in [-0.1, -0.05) is 6.92 Å². The Hall–Kier alpha value is -0.570. The number of nitrogens with zero attached hydrogens (tertiary/aromatic N) is 3. The number of aromatic nitrogens is 3. The van der Waals surface area contributed by atoms with Crippen LogP contribution in [0.4, 0.5) is 0 Å². The van der Waals surface area contributed by atoms with Gasteiger partial charge in [0.25, 0.3) is 0 Å². The Morgan fingerprint density at radius 1 is 1.45 bits per heavy atom. The second-order valence-corrected chi connectivity index (χ2v) is 2.72. The van der Waals surface area contributed by atoms with Gasteiger partial charge < -0.3 is 4.57 Å². The van der Waals surface area contributed by atoms with Gasteiger partial charge in [0.2, 0.25) is 0 Å². The van der Waals surface area contributed by atoms with E-state index in [9.17, 15) is 0 Å². The molecule has 0 saturated carbocycles. The topological polar surface area (TPSA) is 30.7 Å². The summed E-state index contributed by atoms with van der Waals surface area (Å²) in [5.74, 6) is 2.26. The lowest BCUT2D eigenvalue weighted by atomic mass is 10.4. The maximum Gasteiger partial charge on any atom is 0.147 e. The Kier molecular flexibility index (Phi) is 2.88. The van der Waals surface area contributed by atoms with Crippen LogP contribution in [0.25, 0.3) is 0 Å². The molecule has 0 N–H and O–H groups in total. The SMILES string of the molecule is CCCn1c(C)nnc1CCl. The fourth-order valence-corrected chi connectivity index (χ4v) is 1.24. The average Bonchev–Trinajstić information content (AvgIpc) is 2.34. The van der Waals surface area contributed by atoms with Crippen molar-refractivity contribution in [1.29, 1.82) is 0 Å². The van der Waals surface area contributed by atoms with Crippen molar-refractivity contribution in [1.82, 2.24) is 14.8 Å². The second-order valence-electron chi connectivity index (χ2n) is 2.45. The van der Waals surface area contributed by atoms with E-state index in [1.165, 1.54) is 0 Å². The van der Waals surface area contributed by atoms with Crippen LogP contribution in [0.5, 0.6) is 0 Å². The Balaban J connectivity index is 2.88. The lowest BCUT2D eigenvalue weighted by Gasteiger charge is -2.03. The van der Waals surface area contributed by atoms with E-state index >= 15 is 0 Å². The van der Waals surface area contributed by atoms with E-state index in [2.05, 4.69) is 17.1 Å². The third kappa shape index (κ3) is 1.71. The van der Waals surface area contributed by atoms with E-state index in [1.807, 2.05) is 11.5 Å². The van der Waals surface area contributed by atoms with Gasteiger partial charge in [0, 0.05) is 6.54 Å². The van der Waals surface area contributed by atoms with E-state index in [-0.39, 0.29) is 0 Å². The summed E-state index contributed by atoms with van der Waals surface area (Å²) in [7, 11) is 0. The minimum Gasteiger partial charge on any atom is -0.314 e. The van der Waals surface area contributed by atoms with Crippen molar-refractivity contribution in [2.45, 2.75) is 32.7 Å². The molecule has 0 unspecified atom stereocenters. The van der Waals surface area contributed by atoms with Gasteiger partial charge in [0.05, 0.1) is 5.88 Å². The summed E-state index contributed by atoms with van der Waals surface area (Å²) in [6.07, 6.45) is 1.09. The van der Waals surface area contributed by atoms with Crippen LogP contribution in [0, 0.1) is 6.92 Å². The van der Waals surface area contributed by atoms with E-state index in [1.54, 1.807) is 0 Å². The largest absolute Gasteiger partial charge is 0.314 e. The molecule has 11 heavy (non-hydrogen) atoms. The molecule has 0 spiro atoms.